The zero-order valence-corrected chi connectivity index (χ0v) is 12.5. The quantitative estimate of drug-likeness (QED) is 0.838. The fourth-order valence-electron chi connectivity index (χ4n) is 2.91. The molecular weight excluding hydrogens is 250 g/mol. The van der Waals surface area contributed by atoms with Gasteiger partial charge in [-0.2, -0.15) is 0 Å². The highest BCUT2D eigenvalue weighted by Gasteiger charge is 2.28. The zero-order valence-electron chi connectivity index (χ0n) is 12.5. The Morgan fingerprint density at radius 1 is 1.25 bits per heavy atom. The molecular formula is C17H25NO2. The second-order valence-electron chi connectivity index (χ2n) is 5.98. The lowest BCUT2D eigenvalue weighted by molar-refractivity contribution is 0.0867. The Kier molecular flexibility index (Phi) is 5.18. The van der Waals surface area contributed by atoms with Gasteiger partial charge in [0.2, 0.25) is 0 Å². The minimum absolute atomic E-state index is 0.0805. The average Bonchev–Trinajstić information content (AvgIpc) is 2.46. The van der Waals surface area contributed by atoms with Crippen LogP contribution in [0, 0.1) is 11.8 Å². The van der Waals surface area contributed by atoms with Crippen molar-refractivity contribution in [3.63, 3.8) is 0 Å². The largest absolute Gasteiger partial charge is 0.490 e. The molecule has 0 radical (unpaired) electrons. The molecule has 2 N–H and O–H groups in total. The lowest BCUT2D eigenvalue weighted by atomic mass is 9.78. The second kappa shape index (κ2) is 6.89. The maximum absolute atomic E-state index is 12.7. The predicted molar refractivity (Wildman–Crippen MR) is 81.0 cm³/mol. The molecule has 1 aliphatic carbocycles. The number of rotatable bonds is 5. The zero-order chi connectivity index (χ0) is 14.5. The molecule has 0 heterocycles. The molecule has 0 spiro atoms. The second-order valence-corrected chi connectivity index (χ2v) is 5.98. The highest BCUT2D eigenvalue weighted by atomic mass is 16.5. The molecule has 110 valence electrons. The van der Waals surface area contributed by atoms with Crippen molar-refractivity contribution in [3.8, 4) is 5.75 Å². The topological polar surface area (TPSA) is 52.3 Å². The van der Waals surface area contributed by atoms with Crippen molar-refractivity contribution in [2.45, 2.75) is 45.6 Å². The lowest BCUT2D eigenvalue weighted by Gasteiger charge is -2.27. The van der Waals surface area contributed by atoms with Crippen molar-refractivity contribution in [1.29, 1.82) is 0 Å². The van der Waals surface area contributed by atoms with Gasteiger partial charge in [-0.25, -0.2) is 0 Å². The highest BCUT2D eigenvalue weighted by Crippen LogP contribution is 2.32. The summed E-state index contributed by atoms with van der Waals surface area (Å²) in [7, 11) is 0. The van der Waals surface area contributed by atoms with Crippen molar-refractivity contribution in [2.75, 3.05) is 6.54 Å². The number of carbonyl (C=O) groups is 1. The maximum Gasteiger partial charge on any atom is 0.169 e. The summed E-state index contributed by atoms with van der Waals surface area (Å²) in [5.74, 6) is 1.68. The van der Waals surface area contributed by atoms with Crippen molar-refractivity contribution in [3.05, 3.63) is 29.8 Å². The molecule has 0 saturated heterocycles. The average molecular weight is 275 g/mol. The van der Waals surface area contributed by atoms with Gasteiger partial charge in [0, 0.05) is 5.92 Å². The third-order valence-electron chi connectivity index (χ3n) is 4.07. The molecule has 0 atom stereocenters. The van der Waals surface area contributed by atoms with Crippen LogP contribution in [0.1, 0.15) is 49.9 Å². The van der Waals surface area contributed by atoms with E-state index in [1.807, 2.05) is 38.1 Å². The summed E-state index contributed by atoms with van der Waals surface area (Å²) in [6.07, 6.45) is 4.13. The molecule has 3 nitrogen and oxygen atoms in total. The number of nitrogens with two attached hydrogens (primary N) is 1. The highest BCUT2D eigenvalue weighted by molar-refractivity contribution is 6.00. The first-order valence-corrected chi connectivity index (χ1v) is 7.61. The predicted octanol–water partition coefficient (Wildman–Crippen LogP) is 3.42. The third-order valence-corrected chi connectivity index (χ3v) is 4.07. The van der Waals surface area contributed by atoms with E-state index in [0.717, 1.165) is 37.8 Å². The first-order valence-electron chi connectivity index (χ1n) is 7.61. The minimum Gasteiger partial charge on any atom is -0.490 e. The van der Waals surface area contributed by atoms with Crippen LogP contribution < -0.4 is 10.5 Å². The molecule has 1 fully saturated rings. The number of ether oxygens (including phenoxy) is 1. The molecule has 2 rings (SSSR count). The van der Waals surface area contributed by atoms with Crippen molar-refractivity contribution in [2.24, 2.45) is 17.6 Å². The Hall–Kier alpha value is -1.35. The van der Waals surface area contributed by atoms with Gasteiger partial charge in [0.05, 0.1) is 11.7 Å². The van der Waals surface area contributed by atoms with Crippen LogP contribution in [0.25, 0.3) is 0 Å². The van der Waals surface area contributed by atoms with E-state index in [2.05, 4.69) is 0 Å². The summed E-state index contributed by atoms with van der Waals surface area (Å²) in [4.78, 5) is 12.7. The van der Waals surface area contributed by atoms with Crippen LogP contribution in [0.2, 0.25) is 0 Å². The van der Waals surface area contributed by atoms with Gasteiger partial charge >= 0.3 is 0 Å². The van der Waals surface area contributed by atoms with E-state index in [1.165, 1.54) is 0 Å². The van der Waals surface area contributed by atoms with E-state index in [0.29, 0.717) is 11.7 Å². The van der Waals surface area contributed by atoms with Gasteiger partial charge in [-0.15, -0.1) is 0 Å². The number of benzene rings is 1. The molecule has 1 aliphatic rings. The number of para-hydroxylation sites is 1. The van der Waals surface area contributed by atoms with E-state index in [-0.39, 0.29) is 17.8 Å². The SMILES string of the molecule is CC(C)Oc1ccccc1C(=O)C1CCC(CN)CC1. The van der Waals surface area contributed by atoms with Gasteiger partial charge in [-0.3, -0.25) is 4.79 Å². The first-order chi connectivity index (χ1) is 9.61. The first kappa shape index (κ1) is 15.0. The van der Waals surface area contributed by atoms with Crippen LogP contribution in [0.4, 0.5) is 0 Å². The van der Waals surface area contributed by atoms with Crippen LogP contribution in [0.3, 0.4) is 0 Å². The number of hydrogen-bond donors (Lipinski definition) is 1. The van der Waals surface area contributed by atoms with Crippen LogP contribution in [-0.2, 0) is 0 Å². The van der Waals surface area contributed by atoms with E-state index < -0.39 is 0 Å². The monoisotopic (exact) mass is 275 g/mol. The lowest BCUT2D eigenvalue weighted by Crippen LogP contribution is -2.26. The number of hydrogen-bond acceptors (Lipinski definition) is 3. The summed E-state index contributed by atoms with van der Waals surface area (Å²) < 4.78 is 5.76. The Labute approximate surface area is 121 Å². The summed E-state index contributed by atoms with van der Waals surface area (Å²) in [6.45, 7) is 4.70. The summed E-state index contributed by atoms with van der Waals surface area (Å²) >= 11 is 0. The number of ketones is 1. The molecule has 0 aliphatic heterocycles. The molecule has 1 saturated carbocycles. The van der Waals surface area contributed by atoms with Gasteiger partial charge in [-0.1, -0.05) is 12.1 Å². The van der Waals surface area contributed by atoms with E-state index in [9.17, 15) is 4.79 Å². The Morgan fingerprint density at radius 3 is 2.50 bits per heavy atom. The van der Waals surface area contributed by atoms with Gasteiger partial charge in [-0.05, 0) is 64.1 Å². The molecule has 3 heteroatoms. The van der Waals surface area contributed by atoms with Crippen LogP contribution >= 0.6 is 0 Å². The Morgan fingerprint density at radius 2 is 1.90 bits per heavy atom. The summed E-state index contributed by atoms with van der Waals surface area (Å²) in [6, 6.07) is 7.60. The standard InChI is InChI=1S/C17H25NO2/c1-12(2)20-16-6-4-3-5-15(16)17(19)14-9-7-13(11-18)8-10-14/h3-6,12-14H,7-11,18H2,1-2H3. The molecule has 0 bridgehead atoms. The van der Waals surface area contributed by atoms with Gasteiger partial charge < -0.3 is 10.5 Å². The minimum atomic E-state index is 0.0805. The smallest absolute Gasteiger partial charge is 0.169 e. The van der Waals surface area contributed by atoms with E-state index >= 15 is 0 Å². The number of carbonyl (C=O) groups excluding carboxylic acids is 1. The molecule has 1 aromatic rings. The third kappa shape index (κ3) is 3.60. The van der Waals surface area contributed by atoms with Gasteiger partial charge in [0.1, 0.15) is 5.75 Å². The van der Waals surface area contributed by atoms with Gasteiger partial charge in [0.15, 0.2) is 5.78 Å². The fourth-order valence-corrected chi connectivity index (χ4v) is 2.91. The molecule has 0 amide bonds. The summed E-state index contributed by atoms with van der Waals surface area (Å²) in [5, 5.41) is 0. The van der Waals surface area contributed by atoms with Crippen molar-refractivity contribution in [1.82, 2.24) is 0 Å². The van der Waals surface area contributed by atoms with Crippen molar-refractivity contribution < 1.29 is 9.53 Å². The van der Waals surface area contributed by atoms with E-state index in [4.69, 9.17) is 10.5 Å². The fraction of sp³-hybridized carbons (Fsp3) is 0.588. The number of Topliss-reactive ketones (excluding diaryl/α,β-unsaturated/α-hetero) is 1. The maximum atomic E-state index is 12.7. The molecule has 20 heavy (non-hydrogen) atoms. The Bertz CT molecular complexity index is 448. The van der Waals surface area contributed by atoms with Crippen LogP contribution in [0.5, 0.6) is 5.75 Å². The normalized spacial score (nSPS) is 22.8. The van der Waals surface area contributed by atoms with Gasteiger partial charge in [0.25, 0.3) is 0 Å². The van der Waals surface area contributed by atoms with Crippen LogP contribution in [-0.4, -0.2) is 18.4 Å². The summed E-state index contributed by atoms with van der Waals surface area (Å²) in [5.41, 5.74) is 6.44. The molecule has 1 aromatic carbocycles. The Balaban J connectivity index is 2.09. The van der Waals surface area contributed by atoms with Crippen LogP contribution in [0.15, 0.2) is 24.3 Å². The molecule has 0 aromatic heterocycles. The van der Waals surface area contributed by atoms with Crippen molar-refractivity contribution >= 4 is 5.78 Å². The van der Waals surface area contributed by atoms with E-state index in [1.54, 1.807) is 0 Å². The molecule has 0 unspecified atom stereocenters.